The van der Waals surface area contributed by atoms with Crippen LogP contribution in [0.15, 0.2) is 42.5 Å². The number of carbonyl (C=O) groups excluding carboxylic acids is 1. The molecule has 1 aliphatic heterocycles. The van der Waals surface area contributed by atoms with E-state index in [4.69, 9.17) is 25.8 Å². The van der Waals surface area contributed by atoms with Gasteiger partial charge in [-0.3, -0.25) is 4.79 Å². The predicted molar refractivity (Wildman–Crippen MR) is 117 cm³/mol. The highest BCUT2D eigenvalue weighted by Crippen LogP contribution is 2.66. The molecule has 0 spiro atoms. The Labute approximate surface area is 187 Å². The molecule has 1 heterocycles. The van der Waals surface area contributed by atoms with Gasteiger partial charge in [0.25, 0.3) is 0 Å². The van der Waals surface area contributed by atoms with Crippen LogP contribution < -0.4 is 4.74 Å². The highest BCUT2D eigenvalue weighted by atomic mass is 35.5. The highest BCUT2D eigenvalue weighted by Gasteiger charge is 2.61. The third-order valence-electron chi connectivity index (χ3n) is 7.99. The molecule has 2 unspecified atom stereocenters. The van der Waals surface area contributed by atoms with Crippen LogP contribution in [0.4, 0.5) is 0 Å². The maximum atomic E-state index is 13.6. The van der Waals surface area contributed by atoms with Gasteiger partial charge in [-0.15, -0.1) is 0 Å². The van der Waals surface area contributed by atoms with Crippen LogP contribution in [0, 0.1) is 17.3 Å². The first-order chi connectivity index (χ1) is 15.1. The topological polar surface area (TPSA) is 44.8 Å². The lowest BCUT2D eigenvalue weighted by Gasteiger charge is -2.61. The summed E-state index contributed by atoms with van der Waals surface area (Å²) in [5.74, 6) is 1.94. The monoisotopic (exact) mass is 438 g/mol. The molecule has 0 radical (unpaired) electrons. The lowest BCUT2D eigenvalue weighted by molar-refractivity contribution is -0.175. The van der Waals surface area contributed by atoms with Crippen molar-refractivity contribution in [1.29, 1.82) is 0 Å². The molecule has 2 aromatic carbocycles. The van der Waals surface area contributed by atoms with Crippen molar-refractivity contribution in [3.8, 4) is 5.75 Å². The molecule has 0 N–H and O–H groups in total. The fourth-order valence-corrected chi connectivity index (χ4v) is 7.55. The van der Waals surface area contributed by atoms with Crippen LogP contribution in [0.25, 0.3) is 0 Å². The van der Waals surface area contributed by atoms with Gasteiger partial charge in [-0.1, -0.05) is 41.9 Å². The zero-order valence-corrected chi connectivity index (χ0v) is 18.3. The third-order valence-corrected chi connectivity index (χ3v) is 8.21. The summed E-state index contributed by atoms with van der Waals surface area (Å²) in [5.41, 5.74) is 2.89. The van der Waals surface area contributed by atoms with E-state index >= 15 is 0 Å². The summed E-state index contributed by atoms with van der Waals surface area (Å²) in [5, 5.41) is 0.608. The van der Waals surface area contributed by atoms with Gasteiger partial charge < -0.3 is 14.2 Å². The maximum absolute atomic E-state index is 13.6. The summed E-state index contributed by atoms with van der Waals surface area (Å²) in [4.78, 5) is 13.6. The average molecular weight is 439 g/mol. The molecule has 5 aliphatic rings. The molecule has 4 atom stereocenters. The number of hydrogen-bond donors (Lipinski definition) is 0. The fraction of sp³-hybridized carbons (Fsp3) is 0.500. The minimum atomic E-state index is -0.359. The number of carbonyl (C=O) groups is 1. The van der Waals surface area contributed by atoms with Crippen molar-refractivity contribution in [2.75, 3.05) is 6.79 Å². The Balaban J connectivity index is 1.26. The van der Waals surface area contributed by atoms with E-state index in [2.05, 4.69) is 30.3 Å². The Morgan fingerprint density at radius 1 is 1.10 bits per heavy atom. The molecule has 31 heavy (non-hydrogen) atoms. The second-order valence-corrected chi connectivity index (χ2v) is 10.6. The van der Waals surface area contributed by atoms with Gasteiger partial charge in [0, 0.05) is 16.1 Å². The molecule has 0 aromatic heterocycles. The molecule has 162 valence electrons. The Bertz CT molecular complexity index is 1000. The van der Waals surface area contributed by atoms with Gasteiger partial charge in [0.15, 0.2) is 6.79 Å². The molecule has 0 saturated heterocycles. The molecule has 5 heteroatoms. The first-order valence-corrected chi connectivity index (χ1v) is 11.7. The summed E-state index contributed by atoms with van der Waals surface area (Å²) in [7, 11) is 0. The van der Waals surface area contributed by atoms with Crippen molar-refractivity contribution in [2.45, 2.75) is 57.2 Å². The SMILES string of the molecule is O=C(OCc1cc(Cl)cc2c1OCOC2)C12C[C@H]3C[C@@H](C1)CC(c1ccccc1)(C3)C2. The van der Waals surface area contributed by atoms with Crippen LogP contribution in [0.2, 0.25) is 5.02 Å². The molecular formula is C26H27ClO4. The van der Waals surface area contributed by atoms with Crippen molar-refractivity contribution < 1.29 is 19.0 Å². The van der Waals surface area contributed by atoms with E-state index < -0.39 is 0 Å². The lowest BCUT2D eigenvalue weighted by Crippen LogP contribution is -2.57. The zero-order valence-electron chi connectivity index (χ0n) is 17.6. The molecule has 7 rings (SSSR count). The quantitative estimate of drug-likeness (QED) is 0.567. The minimum Gasteiger partial charge on any atom is -0.467 e. The van der Waals surface area contributed by atoms with Gasteiger partial charge in [-0.05, 0) is 73.5 Å². The van der Waals surface area contributed by atoms with Crippen LogP contribution in [0.5, 0.6) is 5.75 Å². The van der Waals surface area contributed by atoms with Gasteiger partial charge in [-0.2, -0.15) is 0 Å². The van der Waals surface area contributed by atoms with E-state index in [1.165, 1.54) is 24.8 Å². The average Bonchev–Trinajstić information content (AvgIpc) is 2.77. The van der Waals surface area contributed by atoms with Crippen LogP contribution in [0.3, 0.4) is 0 Å². The van der Waals surface area contributed by atoms with Crippen LogP contribution >= 0.6 is 11.6 Å². The summed E-state index contributed by atoms with van der Waals surface area (Å²) in [6.45, 7) is 0.864. The van der Waals surface area contributed by atoms with Crippen LogP contribution in [-0.4, -0.2) is 12.8 Å². The number of hydrogen-bond acceptors (Lipinski definition) is 4. The number of ether oxygens (including phenoxy) is 3. The van der Waals surface area contributed by atoms with E-state index in [9.17, 15) is 4.79 Å². The van der Waals surface area contributed by atoms with Gasteiger partial charge in [0.2, 0.25) is 0 Å². The first-order valence-electron chi connectivity index (χ1n) is 11.3. The normalized spacial score (nSPS) is 32.9. The van der Waals surface area contributed by atoms with Crippen molar-refractivity contribution in [1.82, 2.24) is 0 Å². The Morgan fingerprint density at radius 3 is 2.65 bits per heavy atom. The van der Waals surface area contributed by atoms with Gasteiger partial charge >= 0.3 is 5.97 Å². The second kappa shape index (κ2) is 7.25. The second-order valence-electron chi connectivity index (χ2n) is 10.1. The van der Waals surface area contributed by atoms with E-state index in [1.54, 1.807) is 0 Å². The predicted octanol–water partition coefficient (Wildman–Crippen LogP) is 5.79. The molecule has 2 aromatic rings. The molecule has 4 fully saturated rings. The van der Waals surface area contributed by atoms with Gasteiger partial charge in [-0.25, -0.2) is 0 Å². The van der Waals surface area contributed by atoms with E-state index in [1.807, 2.05) is 12.1 Å². The number of benzene rings is 2. The third kappa shape index (κ3) is 3.27. The first kappa shape index (κ1) is 19.6. The van der Waals surface area contributed by atoms with Crippen LogP contribution in [-0.2, 0) is 32.9 Å². The molecule has 0 amide bonds. The molecule has 4 nitrogen and oxygen atoms in total. The number of esters is 1. The van der Waals surface area contributed by atoms with E-state index in [0.29, 0.717) is 23.5 Å². The fourth-order valence-electron chi connectivity index (χ4n) is 7.29. The zero-order chi connectivity index (χ0) is 21.1. The summed E-state index contributed by atoms with van der Waals surface area (Å²) >= 11 is 6.29. The maximum Gasteiger partial charge on any atom is 0.312 e. The highest BCUT2D eigenvalue weighted by molar-refractivity contribution is 6.30. The molecular weight excluding hydrogens is 412 g/mol. The lowest BCUT2D eigenvalue weighted by atomic mass is 9.43. The van der Waals surface area contributed by atoms with Crippen LogP contribution in [0.1, 0.15) is 55.2 Å². The minimum absolute atomic E-state index is 0.0392. The Kier molecular flexibility index (Phi) is 4.59. The summed E-state index contributed by atoms with van der Waals surface area (Å²) in [6, 6.07) is 14.5. The Morgan fingerprint density at radius 2 is 1.87 bits per heavy atom. The molecule has 4 bridgehead atoms. The van der Waals surface area contributed by atoms with E-state index in [-0.39, 0.29) is 30.2 Å². The molecule has 4 saturated carbocycles. The summed E-state index contributed by atoms with van der Waals surface area (Å²) < 4.78 is 17.1. The number of halogens is 1. The van der Waals surface area contributed by atoms with Crippen molar-refractivity contribution in [3.05, 3.63) is 64.2 Å². The standard InChI is InChI=1S/C26H27ClO4/c27-22-7-19-13-29-16-31-23(19)20(8-22)14-30-24(28)26-11-17-6-18(12-26)10-25(9-17,15-26)21-4-2-1-3-5-21/h1-5,7-8,17-18H,6,9-16H2/t17-,18+,25?,26?. The number of rotatable bonds is 4. The summed E-state index contributed by atoms with van der Waals surface area (Å²) in [6.07, 6.45) is 6.52. The van der Waals surface area contributed by atoms with Crippen molar-refractivity contribution in [2.24, 2.45) is 17.3 Å². The van der Waals surface area contributed by atoms with Gasteiger partial charge in [0.05, 0.1) is 12.0 Å². The van der Waals surface area contributed by atoms with E-state index in [0.717, 1.165) is 36.1 Å². The van der Waals surface area contributed by atoms with Crippen molar-refractivity contribution in [3.63, 3.8) is 0 Å². The molecule has 4 aliphatic carbocycles. The van der Waals surface area contributed by atoms with Crippen molar-refractivity contribution >= 4 is 17.6 Å². The smallest absolute Gasteiger partial charge is 0.312 e. The van der Waals surface area contributed by atoms with Gasteiger partial charge in [0.1, 0.15) is 12.4 Å². The number of fused-ring (bicyclic) bond motifs is 1. The largest absolute Gasteiger partial charge is 0.467 e. The Hall–Kier alpha value is -2.04.